The number of benzene rings is 1. The van der Waals surface area contributed by atoms with Crippen LogP contribution in [0.4, 0.5) is 5.69 Å². The Bertz CT molecular complexity index is 684. The van der Waals surface area contributed by atoms with Crippen molar-refractivity contribution in [2.24, 2.45) is 7.05 Å². The summed E-state index contributed by atoms with van der Waals surface area (Å²) in [5.41, 5.74) is 0.834. The first-order valence-electron chi connectivity index (χ1n) is 5.07. The summed E-state index contributed by atoms with van der Waals surface area (Å²) in [6, 6.07) is 4.00. The van der Waals surface area contributed by atoms with Crippen molar-refractivity contribution in [1.82, 2.24) is 9.78 Å². The second kappa shape index (κ2) is 5.10. The van der Waals surface area contributed by atoms with E-state index < -0.39 is 4.92 Å². The van der Waals surface area contributed by atoms with Crippen LogP contribution in [0.15, 0.2) is 22.8 Å². The van der Waals surface area contributed by atoms with Crippen LogP contribution in [0.1, 0.15) is 10.4 Å². The van der Waals surface area contributed by atoms with Gasteiger partial charge in [-0.25, -0.2) is 0 Å². The number of aromatic nitrogens is 2. The van der Waals surface area contributed by atoms with E-state index in [9.17, 15) is 14.9 Å². The molecule has 0 atom stereocenters. The predicted octanol–water partition coefficient (Wildman–Crippen LogP) is 3.22. The zero-order valence-electron chi connectivity index (χ0n) is 9.63. The van der Waals surface area contributed by atoms with E-state index in [0.29, 0.717) is 32.7 Å². The molecule has 0 bridgehead atoms. The van der Waals surface area contributed by atoms with Crippen LogP contribution in [0.25, 0.3) is 11.3 Å². The lowest BCUT2D eigenvalue weighted by atomic mass is 10.1. The Morgan fingerprint density at radius 3 is 2.79 bits per heavy atom. The second-order valence-electron chi connectivity index (χ2n) is 3.72. The van der Waals surface area contributed by atoms with Gasteiger partial charge < -0.3 is 0 Å². The summed E-state index contributed by atoms with van der Waals surface area (Å²) in [5, 5.41) is 15.2. The van der Waals surface area contributed by atoms with E-state index in [4.69, 9.17) is 11.6 Å². The van der Waals surface area contributed by atoms with Crippen LogP contribution < -0.4 is 0 Å². The molecule has 8 heteroatoms. The van der Waals surface area contributed by atoms with Crippen molar-refractivity contribution in [3.63, 3.8) is 0 Å². The van der Waals surface area contributed by atoms with Crippen LogP contribution in [0, 0.1) is 10.1 Å². The van der Waals surface area contributed by atoms with Crippen LogP contribution in [0.5, 0.6) is 0 Å². The third-order valence-electron chi connectivity index (χ3n) is 2.55. The lowest BCUT2D eigenvalue weighted by Gasteiger charge is -2.01. The number of aryl methyl sites for hydroxylation is 1. The lowest BCUT2D eigenvalue weighted by molar-refractivity contribution is -0.384. The Hall–Kier alpha value is -1.73. The Morgan fingerprint density at radius 2 is 2.21 bits per heavy atom. The number of hydrogen-bond donors (Lipinski definition) is 0. The van der Waals surface area contributed by atoms with Gasteiger partial charge in [0.05, 0.1) is 15.5 Å². The topological polar surface area (TPSA) is 78.0 Å². The fourth-order valence-electron chi connectivity index (χ4n) is 1.63. The molecule has 0 aliphatic carbocycles. The highest BCUT2D eigenvalue weighted by molar-refractivity contribution is 9.10. The number of carbonyl (C=O) groups excluding carboxylic acids is 1. The molecule has 0 fully saturated rings. The molecule has 0 unspecified atom stereocenters. The minimum Gasteiger partial charge on any atom is -0.298 e. The predicted molar refractivity (Wildman–Crippen MR) is 73.4 cm³/mol. The number of carbonyl (C=O) groups is 1. The molecule has 0 saturated carbocycles. The van der Waals surface area contributed by atoms with Crippen LogP contribution in [0.3, 0.4) is 0 Å². The van der Waals surface area contributed by atoms with Crippen molar-refractivity contribution in [2.45, 2.75) is 0 Å². The average molecular weight is 345 g/mol. The standard InChI is InChI=1S/C11H7BrClN3O3/c1-15-11(12)8(5-17)10(14-15)7-4-6(16(18)19)2-3-9(7)13/h2-5H,1H3. The molecule has 0 saturated heterocycles. The van der Waals surface area contributed by atoms with Gasteiger partial charge in [-0.1, -0.05) is 11.6 Å². The van der Waals surface area contributed by atoms with Crippen molar-refractivity contribution in [3.05, 3.63) is 43.5 Å². The fraction of sp³-hybridized carbons (Fsp3) is 0.0909. The smallest absolute Gasteiger partial charge is 0.270 e. The second-order valence-corrected chi connectivity index (χ2v) is 4.87. The summed E-state index contributed by atoms with van der Waals surface area (Å²) in [6.45, 7) is 0. The van der Waals surface area contributed by atoms with Gasteiger partial charge in [0.1, 0.15) is 10.3 Å². The first-order chi connectivity index (χ1) is 8.95. The highest BCUT2D eigenvalue weighted by Crippen LogP contribution is 2.34. The van der Waals surface area contributed by atoms with Gasteiger partial charge >= 0.3 is 0 Å². The van der Waals surface area contributed by atoms with Gasteiger partial charge in [0, 0.05) is 24.7 Å². The van der Waals surface area contributed by atoms with Gasteiger partial charge in [0.25, 0.3) is 5.69 Å². The van der Waals surface area contributed by atoms with Crippen LogP contribution in [-0.4, -0.2) is 21.0 Å². The Kier molecular flexibility index (Phi) is 3.68. The number of rotatable bonds is 3. The van der Waals surface area contributed by atoms with E-state index in [1.807, 2.05) is 0 Å². The molecule has 0 amide bonds. The molecule has 6 nitrogen and oxygen atoms in total. The molecular weight excluding hydrogens is 337 g/mol. The normalized spacial score (nSPS) is 10.5. The molecule has 1 aromatic carbocycles. The third kappa shape index (κ3) is 2.39. The van der Waals surface area contributed by atoms with Gasteiger partial charge in [-0.3, -0.25) is 19.6 Å². The van der Waals surface area contributed by atoms with Gasteiger partial charge in [-0.05, 0) is 22.0 Å². The number of nitro groups is 1. The number of aldehydes is 1. The van der Waals surface area contributed by atoms with Gasteiger partial charge in [0.15, 0.2) is 6.29 Å². The molecule has 98 valence electrons. The minimum absolute atomic E-state index is 0.113. The molecule has 0 spiro atoms. The van der Waals surface area contributed by atoms with E-state index in [1.54, 1.807) is 7.05 Å². The summed E-state index contributed by atoms with van der Waals surface area (Å²) in [7, 11) is 1.64. The molecule has 0 aliphatic heterocycles. The van der Waals surface area contributed by atoms with Crippen molar-refractivity contribution < 1.29 is 9.72 Å². The zero-order chi connectivity index (χ0) is 14.2. The largest absolute Gasteiger partial charge is 0.298 e. The summed E-state index contributed by atoms with van der Waals surface area (Å²) in [4.78, 5) is 21.4. The van der Waals surface area contributed by atoms with E-state index in [1.165, 1.54) is 22.9 Å². The van der Waals surface area contributed by atoms with Crippen molar-refractivity contribution >= 4 is 39.5 Å². The molecule has 0 aliphatic rings. The molecule has 0 radical (unpaired) electrons. The molecular formula is C11H7BrClN3O3. The maximum Gasteiger partial charge on any atom is 0.270 e. The molecule has 2 rings (SSSR count). The van der Waals surface area contributed by atoms with Crippen molar-refractivity contribution in [1.29, 1.82) is 0 Å². The zero-order valence-corrected chi connectivity index (χ0v) is 12.0. The van der Waals surface area contributed by atoms with Gasteiger partial charge in [-0.2, -0.15) is 5.10 Å². The van der Waals surface area contributed by atoms with Gasteiger partial charge in [0.2, 0.25) is 0 Å². The number of nitro benzene ring substituents is 1. The van der Waals surface area contributed by atoms with E-state index in [0.717, 1.165) is 0 Å². The van der Waals surface area contributed by atoms with Crippen LogP contribution in [-0.2, 0) is 7.05 Å². The van der Waals surface area contributed by atoms with E-state index in [-0.39, 0.29) is 5.69 Å². The van der Waals surface area contributed by atoms with Crippen molar-refractivity contribution in [2.75, 3.05) is 0 Å². The molecule has 2 aromatic rings. The number of halogens is 2. The maximum atomic E-state index is 11.1. The molecule has 1 heterocycles. The quantitative estimate of drug-likeness (QED) is 0.486. The summed E-state index contributed by atoms with van der Waals surface area (Å²) in [5.74, 6) is 0. The van der Waals surface area contributed by atoms with E-state index >= 15 is 0 Å². The molecule has 19 heavy (non-hydrogen) atoms. The average Bonchev–Trinajstić information content (AvgIpc) is 2.65. The number of hydrogen-bond acceptors (Lipinski definition) is 4. The summed E-state index contributed by atoms with van der Waals surface area (Å²) >= 11 is 9.25. The minimum atomic E-state index is -0.529. The van der Waals surface area contributed by atoms with E-state index in [2.05, 4.69) is 21.0 Å². The monoisotopic (exact) mass is 343 g/mol. The summed E-state index contributed by atoms with van der Waals surface area (Å²) < 4.78 is 1.94. The highest BCUT2D eigenvalue weighted by atomic mass is 79.9. The number of non-ortho nitro benzene ring substituents is 1. The lowest BCUT2D eigenvalue weighted by Crippen LogP contribution is -1.92. The summed E-state index contributed by atoms with van der Waals surface area (Å²) in [6.07, 6.45) is 0.627. The first kappa shape index (κ1) is 13.7. The highest BCUT2D eigenvalue weighted by Gasteiger charge is 2.19. The Labute approximate surface area is 121 Å². The Balaban J connectivity index is 2.71. The first-order valence-corrected chi connectivity index (χ1v) is 6.24. The molecule has 0 N–H and O–H groups in total. The fourth-order valence-corrected chi connectivity index (χ4v) is 2.20. The number of nitrogens with zero attached hydrogens (tertiary/aromatic N) is 3. The van der Waals surface area contributed by atoms with Crippen molar-refractivity contribution in [3.8, 4) is 11.3 Å². The third-order valence-corrected chi connectivity index (χ3v) is 3.82. The maximum absolute atomic E-state index is 11.1. The van der Waals surface area contributed by atoms with Crippen LogP contribution in [0.2, 0.25) is 5.02 Å². The van der Waals surface area contributed by atoms with Crippen LogP contribution >= 0.6 is 27.5 Å². The van der Waals surface area contributed by atoms with Gasteiger partial charge in [-0.15, -0.1) is 0 Å². The SMILES string of the molecule is Cn1nc(-c2cc([N+](=O)[O-])ccc2Cl)c(C=O)c1Br. The molecule has 1 aromatic heterocycles. The Morgan fingerprint density at radius 1 is 1.53 bits per heavy atom.